The maximum absolute atomic E-state index is 12.2. The highest BCUT2D eigenvalue weighted by Gasteiger charge is 2.14. The number of amides is 1. The van der Waals surface area contributed by atoms with Crippen LogP contribution in [0.15, 0.2) is 47.6 Å². The first-order chi connectivity index (χ1) is 12.6. The minimum absolute atomic E-state index is 0.121. The number of nitrogens with zero attached hydrogens (tertiary/aromatic N) is 4. The van der Waals surface area contributed by atoms with Gasteiger partial charge in [-0.3, -0.25) is 4.79 Å². The molecule has 0 aliphatic heterocycles. The van der Waals surface area contributed by atoms with Crippen LogP contribution in [0.3, 0.4) is 0 Å². The average Bonchev–Trinajstić information content (AvgIpc) is 3.11. The van der Waals surface area contributed by atoms with E-state index in [1.165, 1.54) is 16.4 Å². The summed E-state index contributed by atoms with van der Waals surface area (Å²) in [6.45, 7) is 0. The van der Waals surface area contributed by atoms with Crippen LogP contribution in [0.1, 0.15) is 0 Å². The monoisotopic (exact) mass is 409 g/mol. The number of aromatic nitrogens is 4. The van der Waals surface area contributed by atoms with Gasteiger partial charge in [0.05, 0.1) is 22.9 Å². The molecule has 0 fully saturated rings. The summed E-state index contributed by atoms with van der Waals surface area (Å²) in [6, 6.07) is 12.2. The molecule has 1 heterocycles. The number of carbonyl (C=O) groups is 1. The number of para-hydroxylation sites is 2. The van der Waals surface area contributed by atoms with Gasteiger partial charge in [0.1, 0.15) is 11.4 Å². The SMILES string of the molecule is COc1ccccc1-n1nnnc1SCC(=O)Nc1ccc(Cl)c(Cl)c1. The van der Waals surface area contributed by atoms with Gasteiger partial charge in [-0.2, -0.15) is 4.68 Å². The quantitative estimate of drug-likeness (QED) is 0.624. The lowest BCUT2D eigenvalue weighted by molar-refractivity contribution is -0.113. The largest absolute Gasteiger partial charge is 0.494 e. The Hall–Kier alpha value is -2.29. The molecule has 7 nitrogen and oxygen atoms in total. The molecule has 0 aliphatic rings. The first kappa shape index (κ1) is 18.5. The lowest BCUT2D eigenvalue weighted by Crippen LogP contribution is -2.14. The lowest BCUT2D eigenvalue weighted by atomic mass is 10.3. The number of tetrazole rings is 1. The summed E-state index contributed by atoms with van der Waals surface area (Å²) < 4.78 is 6.85. The van der Waals surface area contributed by atoms with E-state index in [0.717, 1.165) is 0 Å². The fourth-order valence-corrected chi connectivity index (χ4v) is 3.11. The molecule has 0 aliphatic carbocycles. The van der Waals surface area contributed by atoms with Crippen molar-refractivity contribution in [3.05, 3.63) is 52.5 Å². The van der Waals surface area contributed by atoms with Gasteiger partial charge in [0.15, 0.2) is 0 Å². The van der Waals surface area contributed by atoms with E-state index >= 15 is 0 Å². The Kier molecular flexibility index (Phi) is 5.97. The Balaban J connectivity index is 1.68. The summed E-state index contributed by atoms with van der Waals surface area (Å²) in [5.41, 5.74) is 1.25. The number of thioether (sulfide) groups is 1. The molecule has 1 N–H and O–H groups in total. The van der Waals surface area contributed by atoms with E-state index in [-0.39, 0.29) is 11.7 Å². The lowest BCUT2D eigenvalue weighted by Gasteiger charge is -2.09. The van der Waals surface area contributed by atoms with E-state index in [1.54, 1.807) is 25.3 Å². The zero-order chi connectivity index (χ0) is 18.5. The highest BCUT2D eigenvalue weighted by Crippen LogP contribution is 2.27. The van der Waals surface area contributed by atoms with Gasteiger partial charge in [0.2, 0.25) is 11.1 Å². The Bertz CT molecular complexity index is 935. The van der Waals surface area contributed by atoms with E-state index < -0.39 is 0 Å². The normalized spacial score (nSPS) is 10.6. The fourth-order valence-electron chi connectivity index (χ4n) is 2.13. The first-order valence-electron chi connectivity index (χ1n) is 7.38. The topological polar surface area (TPSA) is 81.9 Å². The van der Waals surface area contributed by atoms with E-state index in [4.69, 9.17) is 27.9 Å². The molecule has 3 rings (SSSR count). The van der Waals surface area contributed by atoms with Gasteiger partial charge >= 0.3 is 0 Å². The van der Waals surface area contributed by atoms with Crippen molar-refractivity contribution in [3.63, 3.8) is 0 Å². The Morgan fingerprint density at radius 3 is 2.81 bits per heavy atom. The van der Waals surface area contributed by atoms with Crippen molar-refractivity contribution in [2.75, 3.05) is 18.2 Å². The molecule has 134 valence electrons. The van der Waals surface area contributed by atoms with Crippen molar-refractivity contribution in [2.24, 2.45) is 0 Å². The summed E-state index contributed by atoms with van der Waals surface area (Å²) in [5, 5.41) is 15.6. The van der Waals surface area contributed by atoms with Crippen LogP contribution in [-0.4, -0.2) is 39.0 Å². The molecule has 0 bridgehead atoms. The van der Waals surface area contributed by atoms with Crippen LogP contribution < -0.4 is 10.1 Å². The number of methoxy groups -OCH3 is 1. The summed E-state index contributed by atoms with van der Waals surface area (Å²) in [6.07, 6.45) is 0. The van der Waals surface area contributed by atoms with Gasteiger partial charge < -0.3 is 10.1 Å². The maximum Gasteiger partial charge on any atom is 0.234 e. The van der Waals surface area contributed by atoms with Crippen molar-refractivity contribution < 1.29 is 9.53 Å². The van der Waals surface area contributed by atoms with E-state index in [1.807, 2.05) is 24.3 Å². The zero-order valence-corrected chi connectivity index (χ0v) is 15.8. The zero-order valence-electron chi connectivity index (χ0n) is 13.5. The average molecular weight is 410 g/mol. The van der Waals surface area contributed by atoms with Crippen molar-refractivity contribution in [3.8, 4) is 11.4 Å². The molecule has 26 heavy (non-hydrogen) atoms. The second-order valence-corrected chi connectivity index (χ2v) is 6.77. The van der Waals surface area contributed by atoms with Crippen molar-refractivity contribution in [1.82, 2.24) is 20.2 Å². The van der Waals surface area contributed by atoms with E-state index in [0.29, 0.717) is 32.3 Å². The molecule has 10 heteroatoms. The molecule has 3 aromatic rings. The third-order valence-corrected chi connectivity index (χ3v) is 4.95. The fraction of sp³-hybridized carbons (Fsp3) is 0.125. The molecule has 1 amide bonds. The van der Waals surface area contributed by atoms with Crippen LogP contribution in [-0.2, 0) is 4.79 Å². The highest BCUT2D eigenvalue weighted by molar-refractivity contribution is 7.99. The third kappa shape index (κ3) is 4.27. The van der Waals surface area contributed by atoms with Crippen LogP contribution in [0.4, 0.5) is 5.69 Å². The molecule has 0 atom stereocenters. The molecule has 0 unspecified atom stereocenters. The summed E-state index contributed by atoms with van der Waals surface area (Å²) in [4.78, 5) is 12.2. The Labute approximate surface area is 163 Å². The number of hydrogen-bond donors (Lipinski definition) is 1. The molecule has 0 saturated heterocycles. The van der Waals surface area contributed by atoms with Gasteiger partial charge in [-0.25, -0.2) is 0 Å². The second-order valence-electron chi connectivity index (χ2n) is 5.01. The molecule has 2 aromatic carbocycles. The Morgan fingerprint density at radius 2 is 2.04 bits per heavy atom. The third-order valence-electron chi connectivity index (χ3n) is 3.29. The predicted molar refractivity (Wildman–Crippen MR) is 102 cm³/mol. The second kappa shape index (κ2) is 8.39. The van der Waals surface area contributed by atoms with Crippen molar-refractivity contribution in [1.29, 1.82) is 0 Å². The molecular weight excluding hydrogens is 397 g/mol. The number of hydrogen-bond acceptors (Lipinski definition) is 6. The van der Waals surface area contributed by atoms with Gasteiger partial charge in [0, 0.05) is 5.69 Å². The van der Waals surface area contributed by atoms with Crippen LogP contribution in [0.5, 0.6) is 5.75 Å². The van der Waals surface area contributed by atoms with Gasteiger partial charge in [-0.15, -0.1) is 5.10 Å². The molecule has 1 aromatic heterocycles. The van der Waals surface area contributed by atoms with Gasteiger partial charge in [-0.1, -0.05) is 47.1 Å². The Morgan fingerprint density at radius 1 is 1.23 bits per heavy atom. The van der Waals surface area contributed by atoms with E-state index in [9.17, 15) is 4.79 Å². The number of halogens is 2. The van der Waals surface area contributed by atoms with E-state index in [2.05, 4.69) is 20.8 Å². The van der Waals surface area contributed by atoms with Gasteiger partial charge in [-0.05, 0) is 40.8 Å². The minimum Gasteiger partial charge on any atom is -0.494 e. The summed E-state index contributed by atoms with van der Waals surface area (Å²) >= 11 is 13.0. The summed E-state index contributed by atoms with van der Waals surface area (Å²) in [5.74, 6) is 0.528. The maximum atomic E-state index is 12.2. The molecule has 0 radical (unpaired) electrons. The number of rotatable bonds is 6. The number of anilines is 1. The van der Waals surface area contributed by atoms with Crippen LogP contribution in [0.2, 0.25) is 10.0 Å². The van der Waals surface area contributed by atoms with Crippen LogP contribution >= 0.6 is 35.0 Å². The predicted octanol–water partition coefficient (Wildman–Crippen LogP) is 3.71. The van der Waals surface area contributed by atoms with Crippen molar-refractivity contribution in [2.45, 2.75) is 5.16 Å². The van der Waals surface area contributed by atoms with Crippen molar-refractivity contribution >= 4 is 46.6 Å². The number of ether oxygens (including phenoxy) is 1. The number of carbonyl (C=O) groups excluding carboxylic acids is 1. The molecule has 0 spiro atoms. The highest BCUT2D eigenvalue weighted by atomic mass is 35.5. The number of nitrogens with one attached hydrogen (secondary N) is 1. The first-order valence-corrected chi connectivity index (χ1v) is 9.12. The van der Waals surface area contributed by atoms with Gasteiger partial charge in [0.25, 0.3) is 0 Å². The molecule has 0 saturated carbocycles. The minimum atomic E-state index is -0.219. The standard InChI is InChI=1S/C16H13Cl2N5O2S/c1-25-14-5-3-2-4-13(14)23-16(20-21-22-23)26-9-15(24)19-10-6-7-11(17)12(18)8-10/h2-8H,9H2,1H3,(H,19,24). The molecular formula is C16H13Cl2N5O2S. The van der Waals surface area contributed by atoms with Crippen LogP contribution in [0, 0.1) is 0 Å². The van der Waals surface area contributed by atoms with Crippen LogP contribution in [0.25, 0.3) is 5.69 Å². The smallest absolute Gasteiger partial charge is 0.234 e. The number of benzene rings is 2. The summed E-state index contributed by atoms with van der Waals surface area (Å²) in [7, 11) is 1.57.